The molecule has 0 aliphatic carbocycles. The Morgan fingerprint density at radius 2 is 0.929 bits per heavy atom. The SMILES string of the molecule is Cc1ccc(NC(=O)c2ccc3c(c2)C(=O)N(c2ccc(-c4ccc(N5C(=O)c6ccc(C(=O)Nc7ccc(N)nc7)cc6C5=O)cc4C)c(C)c2)C3=O)cn1. The number of aryl methyl sites for hydroxylation is 3. The third-order valence-corrected chi connectivity index (χ3v) is 9.74. The van der Waals surface area contributed by atoms with Crippen LogP contribution in [-0.4, -0.2) is 45.4 Å². The van der Waals surface area contributed by atoms with Gasteiger partial charge in [-0.2, -0.15) is 0 Å². The molecule has 274 valence electrons. The zero-order chi connectivity index (χ0) is 39.4. The summed E-state index contributed by atoms with van der Waals surface area (Å²) in [4.78, 5) is 90.3. The third-order valence-electron chi connectivity index (χ3n) is 9.74. The number of benzene rings is 4. The highest BCUT2D eigenvalue weighted by atomic mass is 16.2. The molecule has 6 aromatic rings. The molecule has 2 aromatic heterocycles. The normalized spacial score (nSPS) is 13.2. The van der Waals surface area contributed by atoms with E-state index in [1.807, 2.05) is 20.8 Å². The smallest absolute Gasteiger partial charge is 0.266 e. The van der Waals surface area contributed by atoms with Gasteiger partial charge in [-0.1, -0.05) is 12.1 Å². The number of hydrogen-bond donors (Lipinski definition) is 3. The van der Waals surface area contributed by atoms with Crippen molar-refractivity contribution in [2.75, 3.05) is 26.2 Å². The Balaban J connectivity index is 0.994. The first-order valence-corrected chi connectivity index (χ1v) is 17.4. The van der Waals surface area contributed by atoms with E-state index in [1.165, 1.54) is 48.8 Å². The number of amides is 6. The number of hydrogen-bond acceptors (Lipinski definition) is 9. The first-order valence-electron chi connectivity index (χ1n) is 17.4. The zero-order valence-electron chi connectivity index (χ0n) is 30.2. The molecule has 4 aromatic carbocycles. The fourth-order valence-corrected chi connectivity index (χ4v) is 6.84. The van der Waals surface area contributed by atoms with Crippen molar-refractivity contribution in [3.05, 3.63) is 160 Å². The van der Waals surface area contributed by atoms with Gasteiger partial charge in [-0.25, -0.2) is 14.8 Å². The fourth-order valence-electron chi connectivity index (χ4n) is 6.84. The topological polar surface area (TPSA) is 185 Å². The summed E-state index contributed by atoms with van der Waals surface area (Å²) in [7, 11) is 0. The number of aromatic nitrogens is 2. The number of nitrogens with two attached hydrogens (primary N) is 1. The molecule has 0 bridgehead atoms. The molecule has 13 heteroatoms. The Bertz CT molecular complexity index is 2520. The molecule has 0 atom stereocenters. The molecule has 4 N–H and O–H groups in total. The fraction of sp³-hybridized carbons (Fsp3) is 0.0698. The summed E-state index contributed by atoms with van der Waals surface area (Å²) in [6.45, 7) is 5.54. The van der Waals surface area contributed by atoms with Crippen LogP contribution in [-0.2, 0) is 0 Å². The van der Waals surface area contributed by atoms with Gasteiger partial charge in [0.2, 0.25) is 0 Å². The van der Waals surface area contributed by atoms with E-state index in [4.69, 9.17) is 5.73 Å². The molecule has 0 spiro atoms. The maximum absolute atomic E-state index is 13.6. The van der Waals surface area contributed by atoms with Crippen molar-refractivity contribution in [1.29, 1.82) is 0 Å². The molecule has 0 saturated heterocycles. The second-order valence-corrected chi connectivity index (χ2v) is 13.5. The van der Waals surface area contributed by atoms with Crippen molar-refractivity contribution in [3.63, 3.8) is 0 Å². The Hall–Kier alpha value is -7.80. The number of nitrogens with one attached hydrogen (secondary N) is 2. The van der Waals surface area contributed by atoms with Gasteiger partial charge in [0.05, 0.1) is 57.4 Å². The molecule has 0 fully saturated rings. The van der Waals surface area contributed by atoms with E-state index in [-0.39, 0.29) is 33.4 Å². The minimum atomic E-state index is -0.557. The van der Waals surface area contributed by atoms with Gasteiger partial charge in [0.1, 0.15) is 5.82 Å². The van der Waals surface area contributed by atoms with E-state index in [1.54, 1.807) is 60.7 Å². The molecule has 56 heavy (non-hydrogen) atoms. The molecule has 6 amide bonds. The van der Waals surface area contributed by atoms with E-state index in [0.29, 0.717) is 28.6 Å². The van der Waals surface area contributed by atoms with Gasteiger partial charge in [-0.05, 0) is 128 Å². The summed E-state index contributed by atoms with van der Waals surface area (Å²) in [6, 6.07) is 25.8. The van der Waals surface area contributed by atoms with Gasteiger partial charge in [-0.15, -0.1) is 0 Å². The summed E-state index contributed by atoms with van der Waals surface area (Å²) in [5.41, 5.74) is 12.3. The van der Waals surface area contributed by atoms with Crippen LogP contribution in [0.4, 0.5) is 28.6 Å². The summed E-state index contributed by atoms with van der Waals surface area (Å²) >= 11 is 0. The van der Waals surface area contributed by atoms with Crippen LogP contribution in [0.15, 0.2) is 109 Å². The van der Waals surface area contributed by atoms with Crippen molar-refractivity contribution in [2.45, 2.75) is 20.8 Å². The summed E-state index contributed by atoms with van der Waals surface area (Å²) in [5.74, 6) is -2.73. The molecule has 13 nitrogen and oxygen atoms in total. The number of pyridine rings is 2. The molecule has 2 aliphatic rings. The van der Waals surface area contributed by atoms with Crippen molar-refractivity contribution in [3.8, 4) is 11.1 Å². The summed E-state index contributed by atoms with van der Waals surface area (Å²) in [5, 5.41) is 5.46. The Labute approximate surface area is 319 Å². The van der Waals surface area contributed by atoms with Crippen molar-refractivity contribution >= 4 is 64.0 Å². The molecule has 0 saturated carbocycles. The Morgan fingerprint density at radius 1 is 0.500 bits per heavy atom. The molecule has 0 radical (unpaired) electrons. The highest BCUT2D eigenvalue weighted by Crippen LogP contribution is 2.37. The van der Waals surface area contributed by atoms with E-state index < -0.39 is 35.4 Å². The molecular weight excluding hydrogens is 711 g/mol. The van der Waals surface area contributed by atoms with E-state index >= 15 is 0 Å². The monoisotopic (exact) mass is 741 g/mol. The maximum Gasteiger partial charge on any atom is 0.266 e. The quantitative estimate of drug-likeness (QED) is 0.149. The lowest BCUT2D eigenvalue weighted by Crippen LogP contribution is -2.29. The lowest BCUT2D eigenvalue weighted by atomic mass is 9.95. The predicted octanol–water partition coefficient (Wildman–Crippen LogP) is 6.76. The lowest BCUT2D eigenvalue weighted by molar-refractivity contribution is 0.0910. The number of carbonyl (C=O) groups excluding carboxylic acids is 6. The van der Waals surface area contributed by atoms with Crippen LogP contribution in [0.25, 0.3) is 11.1 Å². The summed E-state index contributed by atoms with van der Waals surface area (Å²) in [6.07, 6.45) is 2.95. The van der Waals surface area contributed by atoms with Crippen LogP contribution >= 0.6 is 0 Å². The van der Waals surface area contributed by atoms with Crippen LogP contribution in [0.5, 0.6) is 0 Å². The van der Waals surface area contributed by atoms with Crippen molar-refractivity contribution < 1.29 is 28.8 Å². The minimum absolute atomic E-state index is 0.110. The Morgan fingerprint density at radius 3 is 1.34 bits per heavy atom. The number of fused-ring (bicyclic) bond motifs is 2. The maximum atomic E-state index is 13.6. The minimum Gasteiger partial charge on any atom is -0.384 e. The summed E-state index contributed by atoms with van der Waals surface area (Å²) < 4.78 is 0. The van der Waals surface area contributed by atoms with Gasteiger partial charge in [0, 0.05) is 16.8 Å². The van der Waals surface area contributed by atoms with Crippen LogP contribution in [0.1, 0.15) is 79.0 Å². The molecule has 4 heterocycles. The van der Waals surface area contributed by atoms with Gasteiger partial charge >= 0.3 is 0 Å². The highest BCUT2D eigenvalue weighted by Gasteiger charge is 2.39. The van der Waals surface area contributed by atoms with Crippen LogP contribution < -0.4 is 26.2 Å². The van der Waals surface area contributed by atoms with Crippen LogP contribution in [0, 0.1) is 20.8 Å². The lowest BCUT2D eigenvalue weighted by Gasteiger charge is -2.19. The standard InChI is InChI=1S/C43H31N7O6/c1-22-16-29(49-40(53)33-11-5-25(18-35(33)42(49)55)38(51)47-27-7-4-24(3)45-20-27)9-13-31(22)32-14-10-30(17-23(32)2)50-41(54)34-12-6-26(19-36(34)43(50)56)39(52)48-28-8-15-37(44)46-21-28/h4-21H,1-3H3,(H2,44,46)(H,47,51)(H,48,52). The first-order chi connectivity index (χ1) is 26.9. The average molecular weight is 742 g/mol. The van der Waals surface area contributed by atoms with Crippen molar-refractivity contribution in [1.82, 2.24) is 9.97 Å². The van der Waals surface area contributed by atoms with Crippen molar-refractivity contribution in [2.24, 2.45) is 0 Å². The number of carbonyl (C=O) groups is 6. The largest absolute Gasteiger partial charge is 0.384 e. The number of nitrogen functional groups attached to an aromatic ring is 1. The van der Waals surface area contributed by atoms with Gasteiger partial charge in [0.15, 0.2) is 0 Å². The van der Waals surface area contributed by atoms with E-state index in [2.05, 4.69) is 20.6 Å². The van der Waals surface area contributed by atoms with Gasteiger partial charge in [0.25, 0.3) is 35.4 Å². The average Bonchev–Trinajstić information content (AvgIpc) is 3.59. The second-order valence-electron chi connectivity index (χ2n) is 13.5. The zero-order valence-corrected chi connectivity index (χ0v) is 30.2. The van der Waals surface area contributed by atoms with E-state index in [0.717, 1.165) is 37.7 Å². The van der Waals surface area contributed by atoms with Crippen LogP contribution in [0.3, 0.4) is 0 Å². The first kappa shape index (κ1) is 35.2. The van der Waals surface area contributed by atoms with Gasteiger partial charge in [-0.3, -0.25) is 33.8 Å². The number of imide groups is 2. The number of rotatable bonds is 7. The highest BCUT2D eigenvalue weighted by molar-refractivity contribution is 6.36. The number of nitrogens with zero attached hydrogens (tertiary/aromatic N) is 4. The molecule has 0 unspecified atom stereocenters. The molecule has 8 rings (SSSR count). The number of anilines is 5. The third kappa shape index (κ3) is 6.12. The van der Waals surface area contributed by atoms with Gasteiger partial charge < -0.3 is 16.4 Å². The van der Waals surface area contributed by atoms with E-state index in [9.17, 15) is 28.8 Å². The second kappa shape index (κ2) is 13.6. The molecular formula is C43H31N7O6. The predicted molar refractivity (Wildman–Crippen MR) is 210 cm³/mol. The Kier molecular flexibility index (Phi) is 8.53. The molecule has 2 aliphatic heterocycles. The van der Waals surface area contributed by atoms with Crippen LogP contribution in [0.2, 0.25) is 0 Å².